The van der Waals surface area contributed by atoms with Crippen molar-refractivity contribution in [2.45, 2.75) is 19.4 Å². The van der Waals surface area contributed by atoms with Gasteiger partial charge < -0.3 is 10.4 Å². The van der Waals surface area contributed by atoms with E-state index in [-0.39, 0.29) is 17.7 Å². The van der Waals surface area contributed by atoms with E-state index in [1.54, 1.807) is 6.92 Å². The highest BCUT2D eigenvalue weighted by atomic mass is 16.6. The van der Waals surface area contributed by atoms with Crippen LogP contribution < -0.4 is 5.32 Å². The molecule has 7 nitrogen and oxygen atoms in total. The summed E-state index contributed by atoms with van der Waals surface area (Å²) in [4.78, 5) is 32.9. The van der Waals surface area contributed by atoms with Crippen molar-refractivity contribution < 1.29 is 19.6 Å². The van der Waals surface area contributed by atoms with E-state index >= 15 is 0 Å². The second kappa shape index (κ2) is 6.46. The number of hydrogen-bond donors (Lipinski definition) is 2. The maximum absolute atomic E-state index is 11.9. The number of benzene rings is 1. The Morgan fingerprint density at radius 1 is 1.50 bits per heavy atom. The topological polar surface area (TPSA) is 110 Å². The third-order valence-electron chi connectivity index (χ3n) is 2.48. The average Bonchev–Trinajstić information content (AvgIpc) is 2.37. The lowest BCUT2D eigenvalue weighted by Gasteiger charge is -2.14. The van der Waals surface area contributed by atoms with Crippen molar-refractivity contribution in [2.75, 3.05) is 0 Å². The zero-order valence-corrected chi connectivity index (χ0v) is 10.8. The lowest BCUT2D eigenvalue weighted by atomic mass is 10.1. The summed E-state index contributed by atoms with van der Waals surface area (Å²) in [6, 6.07) is 3.97. The Morgan fingerprint density at radius 3 is 2.65 bits per heavy atom. The van der Waals surface area contributed by atoms with E-state index in [0.29, 0.717) is 5.57 Å². The van der Waals surface area contributed by atoms with E-state index < -0.39 is 22.8 Å². The van der Waals surface area contributed by atoms with Gasteiger partial charge in [0.1, 0.15) is 6.04 Å². The number of carboxylic acid groups (broad SMARTS) is 1. The number of amides is 1. The average molecular weight is 278 g/mol. The first-order valence-electron chi connectivity index (χ1n) is 5.73. The molecule has 106 valence electrons. The second-order valence-electron chi connectivity index (χ2n) is 4.33. The molecule has 7 heteroatoms. The molecule has 0 fully saturated rings. The Hall–Kier alpha value is -2.70. The highest BCUT2D eigenvalue weighted by Crippen LogP contribution is 2.13. The molecule has 1 aromatic rings. The monoisotopic (exact) mass is 278 g/mol. The quantitative estimate of drug-likeness (QED) is 0.468. The fraction of sp³-hybridized carbons (Fsp3) is 0.231. The predicted octanol–water partition coefficient (Wildman–Crippen LogP) is 1.74. The van der Waals surface area contributed by atoms with Gasteiger partial charge in [-0.3, -0.25) is 14.9 Å². The fourth-order valence-electron chi connectivity index (χ4n) is 1.55. The molecule has 0 aliphatic carbocycles. The third-order valence-corrected chi connectivity index (χ3v) is 2.48. The molecule has 0 saturated carbocycles. The first-order valence-corrected chi connectivity index (χ1v) is 5.73. The van der Waals surface area contributed by atoms with Crippen LogP contribution >= 0.6 is 0 Å². The third kappa shape index (κ3) is 4.20. The number of aliphatic carboxylic acids is 1. The number of carbonyl (C=O) groups excluding carboxylic acids is 1. The first-order chi connectivity index (χ1) is 9.31. The van der Waals surface area contributed by atoms with Crippen molar-refractivity contribution in [2.24, 2.45) is 0 Å². The molecule has 0 bridgehead atoms. The molecule has 1 rings (SSSR count). The van der Waals surface area contributed by atoms with Gasteiger partial charge in [-0.05, 0) is 19.4 Å². The Kier molecular flexibility index (Phi) is 4.96. The second-order valence-corrected chi connectivity index (χ2v) is 4.33. The van der Waals surface area contributed by atoms with Gasteiger partial charge in [0, 0.05) is 17.7 Å². The molecular weight excluding hydrogens is 264 g/mol. The van der Waals surface area contributed by atoms with Gasteiger partial charge >= 0.3 is 5.97 Å². The van der Waals surface area contributed by atoms with Crippen LogP contribution in [0, 0.1) is 10.1 Å². The molecule has 0 saturated heterocycles. The zero-order valence-electron chi connectivity index (χ0n) is 10.8. The number of hydrogen-bond acceptors (Lipinski definition) is 4. The van der Waals surface area contributed by atoms with Crippen LogP contribution in [0.1, 0.15) is 23.7 Å². The molecule has 0 unspecified atom stereocenters. The summed E-state index contributed by atoms with van der Waals surface area (Å²) in [6.07, 6.45) is 0.0933. The summed E-state index contributed by atoms with van der Waals surface area (Å²) in [5, 5.41) is 21.9. The van der Waals surface area contributed by atoms with E-state index in [4.69, 9.17) is 5.11 Å². The minimum Gasteiger partial charge on any atom is -0.480 e. The molecule has 0 aliphatic heterocycles. The maximum Gasteiger partial charge on any atom is 0.326 e. The van der Waals surface area contributed by atoms with Crippen molar-refractivity contribution in [1.82, 2.24) is 5.32 Å². The molecule has 0 heterocycles. The normalized spacial score (nSPS) is 11.4. The van der Waals surface area contributed by atoms with Gasteiger partial charge in [0.25, 0.3) is 11.6 Å². The van der Waals surface area contributed by atoms with Crippen LogP contribution in [-0.2, 0) is 4.79 Å². The number of carbonyl (C=O) groups is 2. The maximum atomic E-state index is 11.9. The van der Waals surface area contributed by atoms with Crippen LogP contribution in [-0.4, -0.2) is 27.9 Å². The van der Waals surface area contributed by atoms with Gasteiger partial charge in [0.05, 0.1) is 4.92 Å². The molecule has 2 N–H and O–H groups in total. The Morgan fingerprint density at radius 2 is 2.15 bits per heavy atom. The van der Waals surface area contributed by atoms with Gasteiger partial charge in [0.2, 0.25) is 0 Å². The summed E-state index contributed by atoms with van der Waals surface area (Å²) in [6.45, 7) is 5.24. The highest BCUT2D eigenvalue weighted by Gasteiger charge is 2.21. The Labute approximate surface area is 115 Å². The summed E-state index contributed by atoms with van der Waals surface area (Å²) in [5.41, 5.74) is 0.410. The van der Waals surface area contributed by atoms with E-state index in [2.05, 4.69) is 11.9 Å². The van der Waals surface area contributed by atoms with Gasteiger partial charge in [-0.2, -0.15) is 0 Å². The number of non-ortho nitro benzene ring substituents is 1. The Balaban J connectivity index is 2.88. The fourth-order valence-corrected chi connectivity index (χ4v) is 1.55. The predicted molar refractivity (Wildman–Crippen MR) is 71.4 cm³/mol. The van der Waals surface area contributed by atoms with Crippen LogP contribution in [0.25, 0.3) is 0 Å². The van der Waals surface area contributed by atoms with E-state index in [0.717, 1.165) is 6.07 Å². The Bertz CT molecular complexity index is 568. The number of rotatable bonds is 6. The summed E-state index contributed by atoms with van der Waals surface area (Å²) < 4.78 is 0. The van der Waals surface area contributed by atoms with Gasteiger partial charge in [-0.1, -0.05) is 11.6 Å². The van der Waals surface area contributed by atoms with Gasteiger partial charge in [-0.25, -0.2) is 4.79 Å². The molecule has 0 aromatic heterocycles. The van der Waals surface area contributed by atoms with Crippen molar-refractivity contribution >= 4 is 17.6 Å². The van der Waals surface area contributed by atoms with Gasteiger partial charge in [0.15, 0.2) is 0 Å². The smallest absolute Gasteiger partial charge is 0.326 e. The van der Waals surface area contributed by atoms with E-state index in [1.165, 1.54) is 18.2 Å². The molecule has 1 aromatic carbocycles. The number of nitrogens with zero attached hydrogens (tertiary/aromatic N) is 1. The molecular formula is C13H14N2O5. The van der Waals surface area contributed by atoms with Crippen LogP contribution in [0.3, 0.4) is 0 Å². The van der Waals surface area contributed by atoms with Crippen molar-refractivity contribution in [3.63, 3.8) is 0 Å². The standard InChI is InChI=1S/C13H14N2O5/c1-8(2)6-11(13(17)18)14-12(16)9-4-3-5-10(7-9)15(19)20/h3-5,7,11H,1,6H2,2H3,(H,14,16)(H,17,18)/t11-/m1/s1. The summed E-state index contributed by atoms with van der Waals surface area (Å²) in [5.74, 6) is -1.87. The van der Waals surface area contributed by atoms with E-state index in [1.807, 2.05) is 0 Å². The summed E-state index contributed by atoms with van der Waals surface area (Å²) >= 11 is 0. The SMILES string of the molecule is C=C(C)C[C@@H](NC(=O)c1cccc([N+](=O)[O-])c1)C(=O)O. The van der Waals surface area contributed by atoms with Crippen molar-refractivity contribution in [3.8, 4) is 0 Å². The molecule has 1 amide bonds. The van der Waals surface area contributed by atoms with Crippen LogP contribution in [0.2, 0.25) is 0 Å². The van der Waals surface area contributed by atoms with E-state index in [9.17, 15) is 19.7 Å². The molecule has 0 spiro atoms. The lowest BCUT2D eigenvalue weighted by Crippen LogP contribution is -2.40. The van der Waals surface area contributed by atoms with Crippen LogP contribution in [0.15, 0.2) is 36.4 Å². The minimum absolute atomic E-state index is 0.0344. The number of nitro benzene ring substituents is 1. The molecule has 1 atom stereocenters. The van der Waals surface area contributed by atoms with Crippen LogP contribution in [0.4, 0.5) is 5.69 Å². The first kappa shape index (κ1) is 15.4. The van der Waals surface area contributed by atoms with Crippen molar-refractivity contribution in [1.29, 1.82) is 0 Å². The lowest BCUT2D eigenvalue weighted by molar-refractivity contribution is -0.384. The minimum atomic E-state index is -1.19. The number of nitrogens with one attached hydrogen (secondary N) is 1. The largest absolute Gasteiger partial charge is 0.480 e. The number of nitro groups is 1. The van der Waals surface area contributed by atoms with Crippen LogP contribution in [0.5, 0.6) is 0 Å². The summed E-state index contributed by atoms with van der Waals surface area (Å²) in [7, 11) is 0. The van der Waals surface area contributed by atoms with Crippen molar-refractivity contribution in [3.05, 3.63) is 52.1 Å². The molecule has 0 aliphatic rings. The molecule has 0 radical (unpaired) electrons. The zero-order chi connectivity index (χ0) is 15.3. The number of carboxylic acids is 1. The van der Waals surface area contributed by atoms with Gasteiger partial charge in [-0.15, -0.1) is 6.58 Å². The highest BCUT2D eigenvalue weighted by molar-refractivity contribution is 5.97. The molecule has 20 heavy (non-hydrogen) atoms.